The zero-order valence-electron chi connectivity index (χ0n) is 15.7. The molecule has 3 aromatic rings. The summed E-state index contributed by atoms with van der Waals surface area (Å²) >= 11 is 7.97. The molecule has 9 nitrogen and oxygen atoms in total. The molecule has 1 aliphatic rings. The lowest BCUT2D eigenvalue weighted by Gasteiger charge is -2.36. The number of piperazine rings is 1. The average molecular weight is 441 g/mol. The third-order valence-corrected chi connectivity index (χ3v) is 5.84. The lowest BCUT2D eigenvalue weighted by molar-refractivity contribution is 0.0751. The molecule has 2 N–H and O–H groups in total. The number of tetrazole rings is 1. The van der Waals surface area contributed by atoms with Crippen molar-refractivity contribution in [1.82, 2.24) is 25.5 Å². The Kier molecular flexibility index (Phi) is 5.92. The Bertz CT molecular complexity index is 1080. The quantitative estimate of drug-likeness (QED) is 0.586. The normalized spacial score (nSPS) is 14.5. The van der Waals surface area contributed by atoms with E-state index in [0.717, 1.165) is 16.3 Å². The Morgan fingerprint density at radius 1 is 1.30 bits per heavy atom. The van der Waals surface area contributed by atoms with Crippen molar-refractivity contribution in [3.05, 3.63) is 57.6 Å². The van der Waals surface area contributed by atoms with Gasteiger partial charge in [0.15, 0.2) is 0 Å². The highest BCUT2D eigenvalue weighted by Crippen LogP contribution is 2.30. The number of benzene rings is 1. The number of carbonyl (C=O) groups excluding carboxylic acids is 1. The number of nitriles is 1. The molecule has 0 bridgehead atoms. The third-order valence-electron chi connectivity index (χ3n) is 4.68. The van der Waals surface area contributed by atoms with E-state index in [9.17, 15) is 10.1 Å². The molecule has 4 rings (SSSR count). The van der Waals surface area contributed by atoms with Crippen LogP contribution in [0.1, 0.15) is 15.5 Å². The summed E-state index contributed by atoms with van der Waals surface area (Å²) in [5.41, 5.74) is 1.88. The Labute approximate surface area is 181 Å². The van der Waals surface area contributed by atoms with Crippen LogP contribution in [0.2, 0.25) is 5.02 Å². The number of halogens is 1. The van der Waals surface area contributed by atoms with Crippen LogP contribution in [0.4, 0.5) is 11.4 Å². The number of anilines is 2. The number of amides is 1. The van der Waals surface area contributed by atoms with E-state index >= 15 is 0 Å². The van der Waals surface area contributed by atoms with Crippen LogP contribution < -0.4 is 10.2 Å². The maximum atomic E-state index is 12.5. The molecular formula is C19H17ClN8OS. The van der Waals surface area contributed by atoms with Crippen molar-refractivity contribution in [3.63, 3.8) is 0 Å². The number of H-pyrrole nitrogens is 1. The first kappa shape index (κ1) is 19.9. The van der Waals surface area contributed by atoms with E-state index < -0.39 is 0 Å². The molecule has 0 aliphatic carbocycles. The number of thiophene rings is 1. The molecule has 0 saturated carbocycles. The maximum absolute atomic E-state index is 12.5. The molecule has 1 saturated heterocycles. The average Bonchev–Trinajstić information content (AvgIpc) is 3.49. The van der Waals surface area contributed by atoms with Crippen molar-refractivity contribution in [2.24, 2.45) is 0 Å². The van der Waals surface area contributed by atoms with E-state index in [0.29, 0.717) is 31.2 Å². The number of hydrogen-bond acceptors (Lipinski definition) is 8. The maximum Gasteiger partial charge on any atom is 0.264 e. The van der Waals surface area contributed by atoms with E-state index in [4.69, 9.17) is 11.6 Å². The van der Waals surface area contributed by atoms with Crippen LogP contribution >= 0.6 is 22.9 Å². The summed E-state index contributed by atoms with van der Waals surface area (Å²) in [6.07, 6.45) is 1.51. The van der Waals surface area contributed by atoms with Crippen molar-refractivity contribution < 1.29 is 4.79 Å². The summed E-state index contributed by atoms with van der Waals surface area (Å²) < 4.78 is 0. The molecule has 1 fully saturated rings. The lowest BCUT2D eigenvalue weighted by Crippen LogP contribution is -2.48. The molecule has 11 heteroatoms. The second kappa shape index (κ2) is 8.94. The van der Waals surface area contributed by atoms with Gasteiger partial charge in [-0.25, -0.2) is 0 Å². The number of nitrogens with zero attached hydrogens (tertiary/aromatic N) is 6. The van der Waals surface area contributed by atoms with Crippen molar-refractivity contribution in [2.75, 3.05) is 36.4 Å². The van der Waals surface area contributed by atoms with Gasteiger partial charge in [-0.1, -0.05) is 17.7 Å². The Morgan fingerprint density at radius 3 is 2.77 bits per heavy atom. The number of rotatable bonds is 5. The minimum Gasteiger partial charge on any atom is -0.367 e. The Morgan fingerprint density at radius 2 is 2.13 bits per heavy atom. The monoisotopic (exact) mass is 440 g/mol. The van der Waals surface area contributed by atoms with Gasteiger partial charge in [-0.3, -0.25) is 4.79 Å². The fourth-order valence-corrected chi connectivity index (χ4v) is 4.13. The molecule has 1 aromatic carbocycles. The second-order valence-corrected chi connectivity index (χ2v) is 7.83. The summed E-state index contributed by atoms with van der Waals surface area (Å²) in [4.78, 5) is 17.3. The topological polar surface area (TPSA) is 114 Å². The molecule has 1 amide bonds. The summed E-state index contributed by atoms with van der Waals surface area (Å²) in [5, 5.41) is 28.1. The highest BCUT2D eigenvalue weighted by atomic mass is 35.5. The van der Waals surface area contributed by atoms with Gasteiger partial charge < -0.3 is 15.1 Å². The van der Waals surface area contributed by atoms with E-state index in [1.165, 1.54) is 17.5 Å². The number of nitrogens with one attached hydrogen (secondary N) is 2. The van der Waals surface area contributed by atoms with Crippen molar-refractivity contribution in [3.8, 4) is 6.07 Å². The van der Waals surface area contributed by atoms with Gasteiger partial charge in [-0.15, -0.1) is 21.5 Å². The molecule has 152 valence electrons. The Hall–Kier alpha value is -3.42. The fourth-order valence-electron chi connectivity index (χ4n) is 3.14. The minimum atomic E-state index is 0.0805. The lowest BCUT2D eigenvalue weighted by atomic mass is 10.2. The van der Waals surface area contributed by atoms with Crippen LogP contribution in [0.25, 0.3) is 5.57 Å². The first-order chi connectivity index (χ1) is 14.7. The number of carbonyl (C=O) groups is 1. The molecule has 3 heterocycles. The third kappa shape index (κ3) is 4.27. The fraction of sp³-hybridized carbons (Fsp3) is 0.211. The van der Waals surface area contributed by atoms with Gasteiger partial charge in [-0.2, -0.15) is 10.5 Å². The standard InChI is InChI=1S/C19H17ClN8OS/c20-15-10-14(22-12-13(11-21)18-23-25-26-24-18)3-4-16(15)27-5-7-28(8-6-27)19(29)17-2-1-9-30-17/h1-4,9-10,12,22H,5-8H2,(H,23,24,25,26). The summed E-state index contributed by atoms with van der Waals surface area (Å²) in [7, 11) is 0. The summed E-state index contributed by atoms with van der Waals surface area (Å²) in [5.74, 6) is 0.291. The van der Waals surface area contributed by atoms with E-state index in [1.54, 1.807) is 6.07 Å². The van der Waals surface area contributed by atoms with E-state index in [1.807, 2.05) is 40.6 Å². The molecular weight excluding hydrogens is 424 g/mol. The highest BCUT2D eigenvalue weighted by Gasteiger charge is 2.23. The van der Waals surface area contributed by atoms with Crippen molar-refractivity contribution >= 4 is 45.8 Å². The number of hydrogen-bond donors (Lipinski definition) is 2. The largest absolute Gasteiger partial charge is 0.367 e. The van der Waals surface area contributed by atoms with Crippen LogP contribution in [0.15, 0.2) is 41.9 Å². The summed E-state index contributed by atoms with van der Waals surface area (Å²) in [6, 6.07) is 11.4. The van der Waals surface area contributed by atoms with Gasteiger partial charge in [0, 0.05) is 38.1 Å². The predicted octanol–water partition coefficient (Wildman–Crippen LogP) is 2.85. The smallest absolute Gasteiger partial charge is 0.264 e. The number of aromatic nitrogens is 4. The van der Waals surface area contributed by atoms with Gasteiger partial charge in [0.05, 0.1) is 15.6 Å². The van der Waals surface area contributed by atoms with Gasteiger partial charge >= 0.3 is 0 Å². The molecule has 30 heavy (non-hydrogen) atoms. The van der Waals surface area contributed by atoms with Crippen LogP contribution in [0.3, 0.4) is 0 Å². The van der Waals surface area contributed by atoms with Crippen molar-refractivity contribution in [2.45, 2.75) is 0 Å². The second-order valence-electron chi connectivity index (χ2n) is 6.47. The van der Waals surface area contributed by atoms with E-state index in [-0.39, 0.29) is 17.3 Å². The molecule has 0 radical (unpaired) electrons. The molecule has 0 unspecified atom stereocenters. The van der Waals surface area contributed by atoms with Gasteiger partial charge in [0.25, 0.3) is 5.91 Å². The highest BCUT2D eigenvalue weighted by molar-refractivity contribution is 7.12. The van der Waals surface area contributed by atoms with Crippen molar-refractivity contribution in [1.29, 1.82) is 5.26 Å². The zero-order valence-corrected chi connectivity index (χ0v) is 17.3. The first-order valence-electron chi connectivity index (χ1n) is 9.13. The first-order valence-corrected chi connectivity index (χ1v) is 10.4. The predicted molar refractivity (Wildman–Crippen MR) is 115 cm³/mol. The van der Waals surface area contributed by atoms with Crippen LogP contribution in [-0.4, -0.2) is 57.6 Å². The SMILES string of the molecule is N#CC(=CNc1ccc(N2CCN(C(=O)c3cccs3)CC2)c(Cl)c1)c1nn[nH]n1. The Balaban J connectivity index is 1.39. The van der Waals surface area contributed by atoms with Gasteiger partial charge in [-0.05, 0) is 34.9 Å². The van der Waals surface area contributed by atoms with Crippen LogP contribution in [0, 0.1) is 11.3 Å². The van der Waals surface area contributed by atoms with Crippen LogP contribution in [-0.2, 0) is 0 Å². The molecule has 2 aromatic heterocycles. The minimum absolute atomic E-state index is 0.0805. The zero-order chi connectivity index (χ0) is 20.9. The molecule has 0 spiro atoms. The molecule has 0 atom stereocenters. The summed E-state index contributed by atoms with van der Waals surface area (Å²) in [6.45, 7) is 2.71. The van der Waals surface area contributed by atoms with Gasteiger partial charge in [0.2, 0.25) is 5.82 Å². The molecule has 1 aliphatic heterocycles. The number of allylic oxidation sites excluding steroid dienone is 1. The van der Waals surface area contributed by atoms with Crippen LogP contribution in [0.5, 0.6) is 0 Å². The number of aromatic amines is 1. The van der Waals surface area contributed by atoms with E-state index in [2.05, 4.69) is 30.8 Å². The van der Waals surface area contributed by atoms with Gasteiger partial charge in [0.1, 0.15) is 11.6 Å².